The number of halogens is 1. The number of hydrogen-bond acceptors (Lipinski definition) is 7. The van der Waals surface area contributed by atoms with Gasteiger partial charge in [-0.25, -0.2) is 9.83 Å². The Bertz CT molecular complexity index is 1460. The number of carbonyl (C=O) groups excluding carboxylic acids is 1. The maximum absolute atomic E-state index is 13.5. The second-order valence-electron chi connectivity index (χ2n) is 9.46. The average molecular weight is 557 g/mol. The van der Waals surface area contributed by atoms with Gasteiger partial charge in [0.15, 0.2) is 5.69 Å². The van der Waals surface area contributed by atoms with Crippen molar-refractivity contribution in [1.29, 1.82) is 0 Å². The Balaban J connectivity index is 1.37. The first kappa shape index (κ1) is 27.1. The summed E-state index contributed by atoms with van der Waals surface area (Å²) in [7, 11) is 0. The molecule has 11 heteroatoms. The van der Waals surface area contributed by atoms with Crippen molar-refractivity contribution >= 4 is 35.0 Å². The van der Waals surface area contributed by atoms with Crippen LogP contribution in [0.1, 0.15) is 24.0 Å². The highest BCUT2D eigenvalue weighted by molar-refractivity contribution is 6.30. The van der Waals surface area contributed by atoms with Crippen LogP contribution in [0, 0.1) is 12.5 Å². The van der Waals surface area contributed by atoms with E-state index in [1.54, 1.807) is 41.5 Å². The van der Waals surface area contributed by atoms with Crippen LogP contribution in [0.2, 0.25) is 5.02 Å². The smallest absolute Gasteiger partial charge is 0.243 e. The fourth-order valence-corrected chi connectivity index (χ4v) is 4.75. The van der Waals surface area contributed by atoms with Crippen LogP contribution < -0.4 is 16.0 Å². The molecule has 1 saturated heterocycles. The first-order valence-electron chi connectivity index (χ1n) is 13.0. The largest absolute Gasteiger partial charge is 0.381 e. The normalized spacial score (nSPS) is 14.2. The van der Waals surface area contributed by atoms with Crippen molar-refractivity contribution in [3.63, 3.8) is 0 Å². The molecule has 1 fully saturated rings. The van der Waals surface area contributed by atoms with Gasteiger partial charge in [0.2, 0.25) is 11.9 Å². The van der Waals surface area contributed by atoms with Crippen molar-refractivity contribution < 1.29 is 9.53 Å². The molecule has 0 radical (unpaired) electrons. The summed E-state index contributed by atoms with van der Waals surface area (Å²) in [6.45, 7) is 9.16. The van der Waals surface area contributed by atoms with E-state index in [0.717, 1.165) is 24.0 Å². The molecule has 1 aliphatic heterocycles. The Morgan fingerprint density at radius 3 is 2.65 bits per heavy atom. The lowest BCUT2D eigenvalue weighted by Gasteiger charge is -2.30. The van der Waals surface area contributed by atoms with Gasteiger partial charge in [0.1, 0.15) is 24.0 Å². The molecule has 2 aromatic carbocycles. The van der Waals surface area contributed by atoms with Gasteiger partial charge in [0.25, 0.3) is 0 Å². The number of aromatic nitrogens is 4. The molecule has 1 unspecified atom stereocenters. The summed E-state index contributed by atoms with van der Waals surface area (Å²) in [4.78, 5) is 30.4. The molecule has 1 amide bonds. The third-order valence-electron chi connectivity index (χ3n) is 6.68. The minimum absolute atomic E-state index is 0.0628. The van der Waals surface area contributed by atoms with Crippen LogP contribution in [0.15, 0.2) is 73.3 Å². The van der Waals surface area contributed by atoms with Crippen molar-refractivity contribution in [2.45, 2.75) is 32.0 Å². The monoisotopic (exact) mass is 556 g/mol. The molecule has 10 nitrogen and oxygen atoms in total. The molecule has 0 bridgehead atoms. The molecule has 0 aliphatic carbocycles. The van der Waals surface area contributed by atoms with E-state index < -0.39 is 6.04 Å². The molecule has 1 aliphatic rings. The van der Waals surface area contributed by atoms with Gasteiger partial charge in [-0.1, -0.05) is 48.0 Å². The van der Waals surface area contributed by atoms with E-state index in [0.29, 0.717) is 54.6 Å². The van der Waals surface area contributed by atoms with E-state index in [4.69, 9.17) is 27.9 Å². The zero-order valence-corrected chi connectivity index (χ0v) is 22.5. The third kappa shape index (κ3) is 7.14. The zero-order valence-electron chi connectivity index (χ0n) is 21.8. The van der Waals surface area contributed by atoms with E-state index >= 15 is 0 Å². The quantitative estimate of drug-likeness (QED) is 0.236. The summed E-state index contributed by atoms with van der Waals surface area (Å²) in [6, 6.07) is 16.0. The number of benzene rings is 2. The van der Waals surface area contributed by atoms with Gasteiger partial charge >= 0.3 is 0 Å². The fourth-order valence-electron chi connectivity index (χ4n) is 4.54. The number of anilines is 2. The number of carbonyl (C=O) groups is 1. The second kappa shape index (κ2) is 13.1. The lowest BCUT2D eigenvalue weighted by Crippen LogP contribution is -2.46. The highest BCUT2D eigenvalue weighted by Crippen LogP contribution is 2.24. The number of imidazole rings is 1. The van der Waals surface area contributed by atoms with Crippen LogP contribution in [0.5, 0.6) is 0 Å². The Morgan fingerprint density at radius 2 is 1.93 bits per heavy atom. The molecular formula is C29H29ClN8O2. The number of nitrogens with one attached hydrogen (secondary N) is 3. The van der Waals surface area contributed by atoms with Crippen molar-refractivity contribution in [3.05, 3.63) is 101 Å². The average Bonchev–Trinajstić information content (AvgIpc) is 3.54. The Hall–Kier alpha value is -4.46. The third-order valence-corrected chi connectivity index (χ3v) is 6.91. The summed E-state index contributed by atoms with van der Waals surface area (Å²) in [5.41, 5.74) is 2.47. The molecule has 0 spiro atoms. The van der Waals surface area contributed by atoms with Gasteiger partial charge in [-0.3, -0.25) is 9.36 Å². The zero-order chi connectivity index (χ0) is 27.7. The van der Waals surface area contributed by atoms with Crippen molar-refractivity contribution in [2.24, 2.45) is 5.92 Å². The minimum Gasteiger partial charge on any atom is -0.381 e. The molecule has 1 atom stereocenters. The predicted molar refractivity (Wildman–Crippen MR) is 153 cm³/mol. The second-order valence-corrected chi connectivity index (χ2v) is 9.89. The Labute approximate surface area is 237 Å². The van der Waals surface area contributed by atoms with Gasteiger partial charge in [-0.05, 0) is 42.0 Å². The molecule has 5 rings (SSSR count). The lowest BCUT2D eigenvalue weighted by molar-refractivity contribution is -0.123. The van der Waals surface area contributed by atoms with Gasteiger partial charge in [-0.2, -0.15) is 9.97 Å². The lowest BCUT2D eigenvalue weighted by atomic mass is 9.91. The standard InChI is InChI=1S/C29H29ClN8O2/c1-31-24-7-5-20(6-8-24)17-33-28(39)27(22-9-13-40-14-10-22)35-25-16-26(38-12-11-32-19-38)37-29(36-25)34-18-21-3-2-4-23(30)15-21/h2-8,11-12,15-16,19,22,27H,9-10,13-14,17-18H2,(H,33,39)(H2,34,35,36,37). The topological polar surface area (TPSA) is 110 Å². The highest BCUT2D eigenvalue weighted by Gasteiger charge is 2.30. The molecule has 3 N–H and O–H groups in total. The molecular weight excluding hydrogens is 528 g/mol. The van der Waals surface area contributed by atoms with Crippen LogP contribution in [0.25, 0.3) is 10.7 Å². The van der Waals surface area contributed by atoms with Gasteiger partial charge in [0, 0.05) is 49.8 Å². The molecule has 2 aromatic heterocycles. The molecule has 3 heterocycles. The Morgan fingerprint density at radius 1 is 1.10 bits per heavy atom. The minimum atomic E-state index is -0.530. The van der Waals surface area contributed by atoms with Crippen molar-refractivity contribution in [1.82, 2.24) is 24.8 Å². The summed E-state index contributed by atoms with van der Waals surface area (Å²) in [5, 5.41) is 10.4. The molecule has 204 valence electrons. The van der Waals surface area contributed by atoms with Crippen LogP contribution >= 0.6 is 11.6 Å². The highest BCUT2D eigenvalue weighted by atomic mass is 35.5. The van der Waals surface area contributed by atoms with E-state index in [2.05, 4.69) is 30.8 Å². The summed E-state index contributed by atoms with van der Waals surface area (Å²) < 4.78 is 7.35. The molecule has 4 aromatic rings. The molecule has 40 heavy (non-hydrogen) atoms. The number of nitrogens with zero attached hydrogens (tertiary/aromatic N) is 5. The van der Waals surface area contributed by atoms with Crippen molar-refractivity contribution in [3.8, 4) is 5.82 Å². The summed E-state index contributed by atoms with van der Waals surface area (Å²) in [6.07, 6.45) is 6.65. The summed E-state index contributed by atoms with van der Waals surface area (Å²) in [5.74, 6) is 1.46. The number of ether oxygens (including phenoxy) is 1. The predicted octanol–water partition coefficient (Wildman–Crippen LogP) is 5.00. The first-order chi connectivity index (χ1) is 19.6. The number of amides is 1. The van der Waals surface area contributed by atoms with Crippen molar-refractivity contribution in [2.75, 3.05) is 23.8 Å². The van der Waals surface area contributed by atoms with Crippen LogP contribution in [0.4, 0.5) is 17.5 Å². The number of rotatable bonds is 10. The van der Waals surface area contributed by atoms with Gasteiger partial charge < -0.3 is 20.7 Å². The first-order valence-corrected chi connectivity index (χ1v) is 13.4. The maximum Gasteiger partial charge on any atom is 0.243 e. The fraction of sp³-hybridized carbons (Fsp3) is 0.276. The van der Waals surface area contributed by atoms with E-state index in [1.165, 1.54) is 0 Å². The SMILES string of the molecule is [C-]#[N+]c1ccc(CNC(=O)C(Nc2cc(-n3ccnc3)nc(NCc3cccc(Cl)c3)n2)C2CCOCC2)cc1. The van der Waals surface area contributed by atoms with Gasteiger partial charge in [0.05, 0.1) is 6.57 Å². The number of hydrogen-bond donors (Lipinski definition) is 3. The van der Waals surface area contributed by atoms with Crippen LogP contribution in [0.3, 0.4) is 0 Å². The van der Waals surface area contributed by atoms with Crippen LogP contribution in [-0.4, -0.2) is 44.7 Å². The Kier molecular flexibility index (Phi) is 8.86. The van der Waals surface area contributed by atoms with E-state index in [9.17, 15) is 4.79 Å². The molecule has 0 saturated carbocycles. The van der Waals surface area contributed by atoms with E-state index in [-0.39, 0.29) is 11.8 Å². The van der Waals surface area contributed by atoms with E-state index in [1.807, 2.05) is 36.4 Å². The summed E-state index contributed by atoms with van der Waals surface area (Å²) >= 11 is 6.15. The maximum atomic E-state index is 13.5. The van der Waals surface area contributed by atoms with Crippen LogP contribution in [-0.2, 0) is 22.6 Å². The van der Waals surface area contributed by atoms with Gasteiger partial charge in [-0.15, -0.1) is 0 Å².